The van der Waals surface area contributed by atoms with E-state index in [0.29, 0.717) is 49.4 Å². The molecule has 1 aliphatic heterocycles. The van der Waals surface area contributed by atoms with E-state index in [1.165, 1.54) is 0 Å². The average molecular weight is 421 g/mol. The minimum absolute atomic E-state index is 0.0275. The van der Waals surface area contributed by atoms with Crippen molar-refractivity contribution >= 4 is 34.0 Å². The third-order valence-corrected chi connectivity index (χ3v) is 4.47. The number of methoxy groups -OCH3 is 1. The van der Waals surface area contributed by atoms with Crippen molar-refractivity contribution in [2.45, 2.75) is 19.4 Å². The summed E-state index contributed by atoms with van der Waals surface area (Å²) in [5.41, 5.74) is 12.1. The molecule has 1 fully saturated rings. The standard InChI is InChI=1S/C20H25ClN4O4/c1-12(22)7-18(23)24-19-9-13-8-17(29-14-3-4-27-11-14)16(28-6-5-26-2)10-15(13)20(21)25-19/h7-10,14H,3-6,11,22H2,1-2H3,(H2,23,24,25)/b12-7-. The molecule has 1 aliphatic rings. The number of ether oxygens (including phenoxy) is 4. The summed E-state index contributed by atoms with van der Waals surface area (Å²) in [5.74, 6) is 1.79. The molecule has 4 N–H and O–H groups in total. The van der Waals surface area contributed by atoms with Crippen molar-refractivity contribution in [1.82, 2.24) is 4.98 Å². The van der Waals surface area contributed by atoms with Gasteiger partial charge in [-0.3, -0.25) is 0 Å². The monoisotopic (exact) mass is 420 g/mol. The van der Waals surface area contributed by atoms with E-state index in [1.807, 2.05) is 12.1 Å². The molecule has 156 valence electrons. The first-order valence-electron chi connectivity index (χ1n) is 9.24. The van der Waals surface area contributed by atoms with Gasteiger partial charge in [0.25, 0.3) is 0 Å². The lowest BCUT2D eigenvalue weighted by Crippen LogP contribution is -2.16. The summed E-state index contributed by atoms with van der Waals surface area (Å²) >= 11 is 6.40. The van der Waals surface area contributed by atoms with Crippen LogP contribution in [-0.4, -0.2) is 50.5 Å². The van der Waals surface area contributed by atoms with Gasteiger partial charge in [-0.25, -0.2) is 9.98 Å². The van der Waals surface area contributed by atoms with Crippen molar-refractivity contribution < 1.29 is 18.9 Å². The number of nitrogens with two attached hydrogens (primary N) is 2. The third kappa shape index (κ3) is 5.72. The fourth-order valence-electron chi connectivity index (χ4n) is 2.89. The molecule has 1 atom stereocenters. The van der Waals surface area contributed by atoms with Gasteiger partial charge in [-0.1, -0.05) is 11.6 Å². The highest BCUT2D eigenvalue weighted by atomic mass is 35.5. The molecular formula is C20H25ClN4O4. The van der Waals surface area contributed by atoms with Crippen LogP contribution in [0.2, 0.25) is 5.15 Å². The maximum atomic E-state index is 6.40. The van der Waals surface area contributed by atoms with Gasteiger partial charge in [-0.05, 0) is 36.6 Å². The van der Waals surface area contributed by atoms with Crippen LogP contribution in [0, 0.1) is 0 Å². The minimum atomic E-state index is -0.0275. The zero-order chi connectivity index (χ0) is 20.8. The fraction of sp³-hybridized carbons (Fsp3) is 0.400. The number of benzene rings is 1. The Labute approximate surface area is 174 Å². The van der Waals surface area contributed by atoms with Crippen molar-refractivity contribution in [2.75, 3.05) is 33.5 Å². The molecular weight excluding hydrogens is 396 g/mol. The van der Waals surface area contributed by atoms with E-state index in [-0.39, 0.29) is 17.1 Å². The second kappa shape index (κ2) is 9.78. The summed E-state index contributed by atoms with van der Waals surface area (Å²) in [5, 5.41) is 1.81. The van der Waals surface area contributed by atoms with Gasteiger partial charge in [0.2, 0.25) is 0 Å². The lowest BCUT2D eigenvalue weighted by Gasteiger charge is -2.17. The van der Waals surface area contributed by atoms with Crippen LogP contribution in [0.4, 0.5) is 5.82 Å². The number of hydrogen-bond acceptors (Lipinski definition) is 7. The van der Waals surface area contributed by atoms with Gasteiger partial charge in [-0.15, -0.1) is 0 Å². The number of aliphatic imine (C=N–C) groups is 1. The van der Waals surface area contributed by atoms with Crippen LogP contribution >= 0.6 is 11.6 Å². The highest BCUT2D eigenvalue weighted by Gasteiger charge is 2.20. The van der Waals surface area contributed by atoms with Crippen LogP contribution in [0.3, 0.4) is 0 Å². The Morgan fingerprint density at radius 2 is 2.14 bits per heavy atom. The summed E-state index contributed by atoms with van der Waals surface area (Å²) in [7, 11) is 1.62. The Morgan fingerprint density at radius 3 is 2.83 bits per heavy atom. The van der Waals surface area contributed by atoms with Crippen molar-refractivity contribution in [3.8, 4) is 11.5 Å². The van der Waals surface area contributed by atoms with Gasteiger partial charge in [0, 0.05) is 24.6 Å². The summed E-state index contributed by atoms with van der Waals surface area (Å²) in [4.78, 5) is 8.57. The number of halogens is 1. The highest BCUT2D eigenvalue weighted by Crippen LogP contribution is 2.37. The van der Waals surface area contributed by atoms with Crippen LogP contribution in [0.15, 0.2) is 35.0 Å². The molecule has 1 unspecified atom stereocenters. The molecule has 8 nitrogen and oxygen atoms in total. The first-order valence-corrected chi connectivity index (χ1v) is 9.62. The summed E-state index contributed by atoms with van der Waals surface area (Å²) in [6.07, 6.45) is 2.35. The number of rotatable bonds is 8. The molecule has 1 saturated heterocycles. The van der Waals surface area contributed by atoms with E-state index in [2.05, 4.69) is 9.98 Å². The summed E-state index contributed by atoms with van der Waals surface area (Å²) < 4.78 is 22.4. The largest absolute Gasteiger partial charge is 0.487 e. The van der Waals surface area contributed by atoms with Gasteiger partial charge >= 0.3 is 0 Å². The Kier molecular flexibility index (Phi) is 7.13. The Bertz CT molecular complexity index is 922. The zero-order valence-electron chi connectivity index (χ0n) is 16.5. The molecule has 1 aromatic heterocycles. The van der Waals surface area contributed by atoms with E-state index in [0.717, 1.165) is 17.2 Å². The Morgan fingerprint density at radius 1 is 1.31 bits per heavy atom. The number of fused-ring (bicyclic) bond motifs is 1. The van der Waals surface area contributed by atoms with E-state index in [1.54, 1.807) is 26.2 Å². The van der Waals surface area contributed by atoms with Gasteiger partial charge in [-0.2, -0.15) is 0 Å². The highest BCUT2D eigenvalue weighted by molar-refractivity contribution is 6.34. The van der Waals surface area contributed by atoms with Crippen molar-refractivity contribution in [3.63, 3.8) is 0 Å². The Balaban J connectivity index is 2.00. The summed E-state index contributed by atoms with van der Waals surface area (Å²) in [6.45, 7) is 3.79. The molecule has 0 radical (unpaired) electrons. The van der Waals surface area contributed by atoms with Crippen LogP contribution in [0.5, 0.6) is 11.5 Å². The topological polar surface area (TPSA) is 114 Å². The van der Waals surface area contributed by atoms with Gasteiger partial charge < -0.3 is 30.4 Å². The molecule has 3 rings (SSSR count). The van der Waals surface area contributed by atoms with Crippen LogP contribution < -0.4 is 20.9 Å². The average Bonchev–Trinajstić information content (AvgIpc) is 3.15. The molecule has 2 aromatic rings. The maximum absolute atomic E-state index is 6.40. The first kappa shape index (κ1) is 21.2. The van der Waals surface area contributed by atoms with E-state index >= 15 is 0 Å². The van der Waals surface area contributed by atoms with Gasteiger partial charge in [0.1, 0.15) is 23.7 Å². The molecule has 1 aromatic carbocycles. The fourth-order valence-corrected chi connectivity index (χ4v) is 3.14. The predicted octanol–water partition coefficient (Wildman–Crippen LogP) is 2.93. The second-order valence-corrected chi connectivity index (χ2v) is 7.02. The van der Waals surface area contributed by atoms with E-state index < -0.39 is 0 Å². The normalized spacial score (nSPS) is 17.7. The minimum Gasteiger partial charge on any atom is -0.487 e. The number of amidine groups is 1. The van der Waals surface area contributed by atoms with Crippen LogP contribution in [0.25, 0.3) is 10.8 Å². The molecule has 0 bridgehead atoms. The molecule has 0 saturated carbocycles. The SMILES string of the molecule is COCCOc1cc2c(Cl)nc(/N=C(N)\C=C(\C)N)cc2cc1OC1CCOC1. The molecule has 2 heterocycles. The number of allylic oxidation sites excluding steroid dienone is 1. The number of nitrogens with zero attached hydrogens (tertiary/aromatic N) is 2. The van der Waals surface area contributed by atoms with E-state index in [4.69, 9.17) is 42.0 Å². The lowest BCUT2D eigenvalue weighted by molar-refractivity contribution is 0.127. The molecule has 0 amide bonds. The number of aromatic nitrogens is 1. The smallest absolute Gasteiger partial charge is 0.162 e. The third-order valence-electron chi connectivity index (χ3n) is 4.18. The molecule has 29 heavy (non-hydrogen) atoms. The number of pyridine rings is 1. The maximum Gasteiger partial charge on any atom is 0.162 e. The zero-order valence-corrected chi connectivity index (χ0v) is 17.2. The van der Waals surface area contributed by atoms with Crippen molar-refractivity contribution in [1.29, 1.82) is 0 Å². The molecule has 0 aliphatic carbocycles. The number of hydrogen-bond donors (Lipinski definition) is 2. The predicted molar refractivity (Wildman–Crippen MR) is 113 cm³/mol. The van der Waals surface area contributed by atoms with Crippen molar-refractivity contribution in [3.05, 3.63) is 35.1 Å². The second-order valence-electron chi connectivity index (χ2n) is 6.66. The van der Waals surface area contributed by atoms with Crippen molar-refractivity contribution in [2.24, 2.45) is 16.5 Å². The first-order chi connectivity index (χ1) is 14.0. The Hall–Kier alpha value is -2.55. The molecule has 0 spiro atoms. The quantitative estimate of drug-likeness (QED) is 0.292. The van der Waals surface area contributed by atoms with Gasteiger partial charge in [0.05, 0.1) is 19.8 Å². The molecule has 9 heteroatoms. The summed E-state index contributed by atoms with van der Waals surface area (Å²) in [6, 6.07) is 5.46. The lowest BCUT2D eigenvalue weighted by atomic mass is 10.1. The van der Waals surface area contributed by atoms with Gasteiger partial charge in [0.15, 0.2) is 17.3 Å². The van der Waals surface area contributed by atoms with E-state index in [9.17, 15) is 0 Å². The van der Waals surface area contributed by atoms with Crippen LogP contribution in [-0.2, 0) is 9.47 Å². The van der Waals surface area contributed by atoms with Crippen LogP contribution in [0.1, 0.15) is 13.3 Å².